The lowest BCUT2D eigenvalue weighted by Crippen LogP contribution is -2.10. The summed E-state index contributed by atoms with van der Waals surface area (Å²) in [7, 11) is 1.50. The number of thiazole rings is 1. The third-order valence-electron chi connectivity index (χ3n) is 3.21. The van der Waals surface area contributed by atoms with Gasteiger partial charge in [-0.1, -0.05) is 11.3 Å². The van der Waals surface area contributed by atoms with Crippen LogP contribution in [0.4, 0.5) is 10.8 Å². The van der Waals surface area contributed by atoms with Gasteiger partial charge in [0.1, 0.15) is 16.7 Å². The molecule has 1 amide bonds. The summed E-state index contributed by atoms with van der Waals surface area (Å²) in [5.74, 6) is 0.240. The molecule has 0 aliphatic heterocycles. The molecule has 1 aromatic heterocycles. The molecule has 2 N–H and O–H groups in total. The van der Waals surface area contributed by atoms with Crippen LogP contribution in [0.2, 0.25) is 0 Å². The minimum Gasteiger partial charge on any atom is -0.495 e. The summed E-state index contributed by atoms with van der Waals surface area (Å²) in [4.78, 5) is 16.9. The maximum absolute atomic E-state index is 12.2. The molecule has 0 atom stereocenters. The number of nitrogens with one attached hydrogen (secondary N) is 2. The van der Waals surface area contributed by atoms with Gasteiger partial charge in [-0.15, -0.1) is 0 Å². The number of benzene rings is 1. The van der Waals surface area contributed by atoms with Gasteiger partial charge in [-0.2, -0.15) is 5.26 Å². The second-order valence-electron chi connectivity index (χ2n) is 4.93. The van der Waals surface area contributed by atoms with Gasteiger partial charge in [-0.25, -0.2) is 4.98 Å². The zero-order valence-corrected chi connectivity index (χ0v) is 12.7. The van der Waals surface area contributed by atoms with Gasteiger partial charge in [0.25, 0.3) is 5.91 Å². The van der Waals surface area contributed by atoms with Crippen molar-refractivity contribution in [3.8, 4) is 11.8 Å². The lowest BCUT2D eigenvalue weighted by atomic mass is 10.2. The lowest BCUT2D eigenvalue weighted by molar-refractivity contribution is 0.103. The number of nitrogens with zero attached hydrogens (tertiary/aromatic N) is 2. The average Bonchev–Trinajstić information content (AvgIpc) is 3.22. The maximum atomic E-state index is 12.2. The molecule has 0 bridgehead atoms. The van der Waals surface area contributed by atoms with E-state index in [1.807, 2.05) is 6.07 Å². The first-order chi connectivity index (χ1) is 10.7. The van der Waals surface area contributed by atoms with E-state index in [2.05, 4.69) is 15.6 Å². The van der Waals surface area contributed by atoms with E-state index in [1.165, 1.54) is 18.4 Å². The third-order valence-corrected chi connectivity index (χ3v) is 4.14. The highest BCUT2D eigenvalue weighted by Crippen LogP contribution is 2.28. The molecule has 0 spiro atoms. The van der Waals surface area contributed by atoms with Crippen molar-refractivity contribution in [2.75, 3.05) is 17.7 Å². The third kappa shape index (κ3) is 3.18. The Hall–Kier alpha value is -2.59. The van der Waals surface area contributed by atoms with Gasteiger partial charge >= 0.3 is 0 Å². The molecule has 3 rings (SSSR count). The smallest absolute Gasteiger partial charge is 0.267 e. The van der Waals surface area contributed by atoms with E-state index in [0.717, 1.165) is 18.0 Å². The molecule has 0 saturated heterocycles. The minimum atomic E-state index is -0.240. The zero-order chi connectivity index (χ0) is 15.5. The van der Waals surface area contributed by atoms with Crippen LogP contribution < -0.4 is 15.4 Å². The molecule has 2 aromatic rings. The van der Waals surface area contributed by atoms with Gasteiger partial charge in [-0.3, -0.25) is 4.79 Å². The van der Waals surface area contributed by atoms with Gasteiger partial charge < -0.3 is 15.4 Å². The highest BCUT2D eigenvalue weighted by molar-refractivity contribution is 7.17. The summed E-state index contributed by atoms with van der Waals surface area (Å²) < 4.78 is 5.08. The first-order valence-corrected chi connectivity index (χ1v) is 7.63. The van der Waals surface area contributed by atoms with Crippen molar-refractivity contribution in [1.82, 2.24) is 4.98 Å². The number of aromatic nitrogens is 1. The van der Waals surface area contributed by atoms with Crippen LogP contribution in [0, 0.1) is 11.3 Å². The van der Waals surface area contributed by atoms with Crippen molar-refractivity contribution >= 4 is 28.1 Å². The highest BCUT2D eigenvalue weighted by atomic mass is 32.1. The van der Waals surface area contributed by atoms with E-state index in [1.54, 1.807) is 24.4 Å². The molecule has 1 fully saturated rings. The molecule has 1 aliphatic rings. The number of carbonyl (C=O) groups excluding carboxylic acids is 1. The Balaban J connectivity index is 1.70. The molecule has 7 heteroatoms. The standard InChI is InChI=1S/C15H14N4O2S/c1-21-12-5-4-11(6-9(12)7-16)18-14(20)13-8-17-15(22-13)19-10-2-3-10/h4-6,8,10H,2-3H2,1H3,(H,17,19)(H,18,20). The second kappa shape index (κ2) is 6.03. The first kappa shape index (κ1) is 14.4. The van der Waals surface area contributed by atoms with Crippen molar-refractivity contribution in [3.63, 3.8) is 0 Å². The number of anilines is 2. The molecule has 1 aliphatic carbocycles. The number of hydrogen-bond acceptors (Lipinski definition) is 6. The van der Waals surface area contributed by atoms with Crippen LogP contribution >= 0.6 is 11.3 Å². The number of carbonyl (C=O) groups is 1. The van der Waals surface area contributed by atoms with Crippen molar-refractivity contribution < 1.29 is 9.53 Å². The molecular formula is C15H14N4O2S. The zero-order valence-electron chi connectivity index (χ0n) is 11.9. The lowest BCUT2D eigenvalue weighted by Gasteiger charge is -2.06. The van der Waals surface area contributed by atoms with Crippen molar-refractivity contribution in [2.24, 2.45) is 0 Å². The molecule has 0 unspecified atom stereocenters. The van der Waals surface area contributed by atoms with Crippen molar-refractivity contribution in [2.45, 2.75) is 18.9 Å². The van der Waals surface area contributed by atoms with E-state index < -0.39 is 0 Å². The van der Waals surface area contributed by atoms with Crippen LogP contribution in [0.1, 0.15) is 28.1 Å². The van der Waals surface area contributed by atoms with E-state index in [4.69, 9.17) is 10.00 Å². The maximum Gasteiger partial charge on any atom is 0.267 e. The number of methoxy groups -OCH3 is 1. The Labute approximate surface area is 131 Å². The van der Waals surface area contributed by atoms with Crippen LogP contribution in [0.3, 0.4) is 0 Å². The SMILES string of the molecule is COc1ccc(NC(=O)c2cnc(NC3CC3)s2)cc1C#N. The van der Waals surface area contributed by atoms with Gasteiger partial charge in [0.15, 0.2) is 5.13 Å². The summed E-state index contributed by atoms with van der Waals surface area (Å²) in [6.45, 7) is 0. The second-order valence-corrected chi connectivity index (χ2v) is 5.96. The predicted octanol–water partition coefficient (Wildman–Crippen LogP) is 2.85. The number of ether oxygens (including phenoxy) is 1. The number of hydrogen-bond donors (Lipinski definition) is 2. The number of amides is 1. The molecule has 0 radical (unpaired) electrons. The van der Waals surface area contributed by atoms with E-state index in [0.29, 0.717) is 27.9 Å². The highest BCUT2D eigenvalue weighted by Gasteiger charge is 2.22. The molecule has 6 nitrogen and oxygen atoms in total. The normalized spacial score (nSPS) is 13.3. The Morgan fingerprint density at radius 1 is 1.50 bits per heavy atom. The van der Waals surface area contributed by atoms with Gasteiger partial charge in [0, 0.05) is 11.7 Å². The number of rotatable bonds is 5. The average molecular weight is 314 g/mol. The molecule has 1 saturated carbocycles. The van der Waals surface area contributed by atoms with Gasteiger partial charge in [-0.05, 0) is 31.0 Å². The van der Waals surface area contributed by atoms with E-state index >= 15 is 0 Å². The van der Waals surface area contributed by atoms with Crippen molar-refractivity contribution in [3.05, 3.63) is 34.8 Å². The predicted molar refractivity (Wildman–Crippen MR) is 84.4 cm³/mol. The van der Waals surface area contributed by atoms with Crippen LogP contribution in [-0.4, -0.2) is 24.0 Å². The fraction of sp³-hybridized carbons (Fsp3) is 0.267. The minimum absolute atomic E-state index is 0.240. The quantitative estimate of drug-likeness (QED) is 0.886. The largest absolute Gasteiger partial charge is 0.495 e. The fourth-order valence-electron chi connectivity index (χ4n) is 1.91. The van der Waals surface area contributed by atoms with Gasteiger partial charge in [0.2, 0.25) is 0 Å². The fourth-order valence-corrected chi connectivity index (χ4v) is 2.70. The molecule has 1 heterocycles. The Morgan fingerprint density at radius 3 is 3.00 bits per heavy atom. The topological polar surface area (TPSA) is 87.0 Å². The molecule has 22 heavy (non-hydrogen) atoms. The first-order valence-electron chi connectivity index (χ1n) is 6.81. The summed E-state index contributed by atoms with van der Waals surface area (Å²) in [5.41, 5.74) is 0.924. The van der Waals surface area contributed by atoms with E-state index in [-0.39, 0.29) is 5.91 Å². The summed E-state index contributed by atoms with van der Waals surface area (Å²) in [6.07, 6.45) is 3.87. The summed E-state index contributed by atoms with van der Waals surface area (Å²) in [5, 5.41) is 15.8. The van der Waals surface area contributed by atoms with Crippen LogP contribution in [0.15, 0.2) is 24.4 Å². The monoisotopic (exact) mass is 314 g/mol. The van der Waals surface area contributed by atoms with Crippen molar-refractivity contribution in [1.29, 1.82) is 5.26 Å². The summed E-state index contributed by atoms with van der Waals surface area (Å²) >= 11 is 1.32. The Morgan fingerprint density at radius 2 is 2.32 bits per heavy atom. The Bertz CT molecular complexity index is 746. The van der Waals surface area contributed by atoms with Crippen LogP contribution in [0.25, 0.3) is 0 Å². The van der Waals surface area contributed by atoms with E-state index in [9.17, 15) is 4.79 Å². The number of nitriles is 1. The Kier molecular flexibility index (Phi) is 3.94. The van der Waals surface area contributed by atoms with Gasteiger partial charge in [0.05, 0.1) is 18.9 Å². The molecule has 1 aromatic carbocycles. The summed E-state index contributed by atoms with van der Waals surface area (Å²) in [6, 6.07) is 7.47. The van der Waals surface area contributed by atoms with Crippen LogP contribution in [0.5, 0.6) is 5.75 Å². The molecular weight excluding hydrogens is 300 g/mol. The molecule has 112 valence electrons. The van der Waals surface area contributed by atoms with Crippen LogP contribution in [-0.2, 0) is 0 Å².